The minimum Gasteiger partial charge on any atom is -0.481 e. The van der Waals surface area contributed by atoms with Crippen molar-refractivity contribution in [2.24, 2.45) is 0 Å². The molecule has 0 aromatic carbocycles. The number of pyridine rings is 1. The molecule has 2 rings (SSSR count). The number of hydrogen-bond donors (Lipinski definition) is 1. The molecule has 18 heavy (non-hydrogen) atoms. The molecule has 2 N–H and O–H groups in total. The Kier molecular flexibility index (Phi) is 3.93. The van der Waals surface area contributed by atoms with Crippen molar-refractivity contribution >= 4 is 34.4 Å². The molecule has 0 aliphatic heterocycles. The molecule has 0 spiro atoms. The van der Waals surface area contributed by atoms with Gasteiger partial charge in [0.15, 0.2) is 5.82 Å². The Morgan fingerprint density at radius 2 is 2.17 bits per heavy atom. The predicted molar refractivity (Wildman–Crippen MR) is 76.6 cm³/mol. The number of aromatic nitrogens is 1. The van der Waals surface area contributed by atoms with Crippen LogP contribution in [0.25, 0.3) is 0 Å². The van der Waals surface area contributed by atoms with Crippen LogP contribution in [0, 0.1) is 0 Å². The fourth-order valence-corrected chi connectivity index (χ4v) is 2.75. The molecule has 6 heteroatoms. The van der Waals surface area contributed by atoms with Gasteiger partial charge in [-0.05, 0) is 18.2 Å². The van der Waals surface area contributed by atoms with Gasteiger partial charge in [0.25, 0.3) is 0 Å². The quantitative estimate of drug-likeness (QED) is 0.937. The Labute approximate surface area is 115 Å². The third-order valence-electron chi connectivity index (χ3n) is 2.47. The van der Waals surface area contributed by atoms with Crippen LogP contribution >= 0.6 is 22.9 Å². The molecule has 0 saturated heterocycles. The van der Waals surface area contributed by atoms with Crippen molar-refractivity contribution in [2.75, 3.05) is 24.8 Å². The van der Waals surface area contributed by atoms with Crippen molar-refractivity contribution in [3.05, 3.63) is 33.5 Å². The van der Waals surface area contributed by atoms with Gasteiger partial charge in [0.2, 0.25) is 5.88 Å². The lowest BCUT2D eigenvalue weighted by atomic mass is 10.3. The van der Waals surface area contributed by atoms with Crippen LogP contribution in [-0.4, -0.2) is 19.1 Å². The molecule has 0 saturated carbocycles. The molecule has 96 valence electrons. The van der Waals surface area contributed by atoms with Crippen molar-refractivity contribution in [3.63, 3.8) is 0 Å². The molecular formula is C12H14ClN3OS. The summed E-state index contributed by atoms with van der Waals surface area (Å²) in [5.41, 5.74) is 6.55. The lowest BCUT2D eigenvalue weighted by molar-refractivity contribution is 0.398. The highest BCUT2D eigenvalue weighted by molar-refractivity contribution is 7.16. The highest BCUT2D eigenvalue weighted by Crippen LogP contribution is 2.27. The molecule has 0 atom stereocenters. The predicted octanol–water partition coefficient (Wildman–Crippen LogP) is 3.02. The van der Waals surface area contributed by atoms with E-state index in [1.165, 1.54) is 0 Å². The maximum Gasteiger partial charge on any atom is 0.215 e. The van der Waals surface area contributed by atoms with E-state index >= 15 is 0 Å². The van der Waals surface area contributed by atoms with Crippen LogP contribution in [0.5, 0.6) is 5.88 Å². The fraction of sp³-hybridized carbons (Fsp3) is 0.250. The number of halogens is 1. The molecule has 4 nitrogen and oxygen atoms in total. The molecule has 0 amide bonds. The minimum atomic E-state index is 0.551. The molecule has 0 unspecified atom stereocenters. The molecule has 0 bridgehead atoms. The van der Waals surface area contributed by atoms with Gasteiger partial charge in [-0.25, -0.2) is 0 Å². The molecule has 0 fully saturated rings. The molecular weight excluding hydrogens is 270 g/mol. The summed E-state index contributed by atoms with van der Waals surface area (Å²) < 4.78 is 5.88. The smallest absolute Gasteiger partial charge is 0.215 e. The van der Waals surface area contributed by atoms with Crippen molar-refractivity contribution in [3.8, 4) is 5.88 Å². The Bertz CT molecular complexity index is 544. The summed E-state index contributed by atoms with van der Waals surface area (Å²) >= 11 is 7.46. The van der Waals surface area contributed by atoms with Crippen molar-refractivity contribution in [1.82, 2.24) is 4.98 Å². The number of ether oxygens (including phenoxy) is 1. The van der Waals surface area contributed by atoms with Crippen LogP contribution in [-0.2, 0) is 6.54 Å². The summed E-state index contributed by atoms with van der Waals surface area (Å²) in [6.45, 7) is 0.710. The fourth-order valence-electron chi connectivity index (χ4n) is 1.61. The van der Waals surface area contributed by atoms with Gasteiger partial charge in [-0.3, -0.25) is 0 Å². The number of nitrogens with two attached hydrogens (primary N) is 1. The SMILES string of the molecule is COc1ccc(N)c(N(C)Cc2ccc(Cl)s2)n1. The summed E-state index contributed by atoms with van der Waals surface area (Å²) in [7, 11) is 3.52. The maximum atomic E-state index is 5.92. The number of thiophene rings is 1. The summed E-state index contributed by atoms with van der Waals surface area (Å²) in [5.74, 6) is 1.26. The molecule has 2 aromatic heterocycles. The lowest BCUT2D eigenvalue weighted by Crippen LogP contribution is -2.18. The van der Waals surface area contributed by atoms with E-state index in [9.17, 15) is 0 Å². The van der Waals surface area contributed by atoms with E-state index in [1.807, 2.05) is 24.1 Å². The van der Waals surface area contributed by atoms with E-state index in [-0.39, 0.29) is 0 Å². The van der Waals surface area contributed by atoms with Crippen LogP contribution in [0.3, 0.4) is 0 Å². The molecule has 2 aromatic rings. The van der Waals surface area contributed by atoms with Crippen molar-refractivity contribution in [1.29, 1.82) is 0 Å². The van der Waals surface area contributed by atoms with E-state index in [2.05, 4.69) is 4.98 Å². The number of nitrogens with zero attached hydrogens (tertiary/aromatic N) is 2. The first-order valence-corrected chi connectivity index (χ1v) is 6.55. The summed E-state index contributed by atoms with van der Waals surface area (Å²) in [4.78, 5) is 7.48. The topological polar surface area (TPSA) is 51.4 Å². The molecule has 0 radical (unpaired) electrons. The number of methoxy groups -OCH3 is 1. The zero-order valence-corrected chi connectivity index (χ0v) is 11.8. The summed E-state index contributed by atoms with van der Waals surface area (Å²) in [5, 5.41) is 0. The Balaban J connectivity index is 2.20. The Hall–Kier alpha value is -1.46. The van der Waals surface area contributed by atoms with Crippen LogP contribution in [0.1, 0.15) is 4.88 Å². The average Bonchev–Trinajstić information content (AvgIpc) is 2.75. The number of hydrogen-bond acceptors (Lipinski definition) is 5. The van der Waals surface area contributed by atoms with Gasteiger partial charge < -0.3 is 15.4 Å². The van der Waals surface area contributed by atoms with Gasteiger partial charge in [-0.2, -0.15) is 4.98 Å². The highest BCUT2D eigenvalue weighted by Gasteiger charge is 2.10. The van der Waals surface area contributed by atoms with E-state index in [4.69, 9.17) is 22.1 Å². The van der Waals surface area contributed by atoms with Gasteiger partial charge in [-0.15, -0.1) is 11.3 Å². The Morgan fingerprint density at radius 3 is 2.78 bits per heavy atom. The van der Waals surface area contributed by atoms with Crippen molar-refractivity contribution < 1.29 is 4.74 Å². The van der Waals surface area contributed by atoms with Gasteiger partial charge in [-0.1, -0.05) is 11.6 Å². The van der Waals surface area contributed by atoms with Gasteiger partial charge in [0.05, 0.1) is 23.7 Å². The number of nitrogen functional groups attached to an aromatic ring is 1. The summed E-state index contributed by atoms with van der Waals surface area (Å²) in [6, 6.07) is 7.42. The second kappa shape index (κ2) is 5.46. The van der Waals surface area contributed by atoms with Gasteiger partial charge in [0, 0.05) is 18.0 Å². The van der Waals surface area contributed by atoms with E-state index in [0.717, 1.165) is 9.21 Å². The van der Waals surface area contributed by atoms with E-state index < -0.39 is 0 Å². The first-order valence-electron chi connectivity index (χ1n) is 5.36. The third-order valence-corrected chi connectivity index (χ3v) is 3.69. The number of anilines is 2. The summed E-state index contributed by atoms with van der Waals surface area (Å²) in [6.07, 6.45) is 0. The zero-order chi connectivity index (χ0) is 13.1. The third kappa shape index (κ3) is 2.86. The van der Waals surface area contributed by atoms with Crippen molar-refractivity contribution in [2.45, 2.75) is 6.54 Å². The van der Waals surface area contributed by atoms with Crippen LogP contribution in [0.2, 0.25) is 4.34 Å². The molecule has 2 heterocycles. The monoisotopic (exact) mass is 283 g/mol. The van der Waals surface area contributed by atoms with E-state index in [0.29, 0.717) is 23.9 Å². The zero-order valence-electron chi connectivity index (χ0n) is 10.2. The maximum absolute atomic E-state index is 5.92. The second-order valence-corrected chi connectivity index (χ2v) is 5.63. The van der Waals surface area contributed by atoms with Gasteiger partial charge in [0.1, 0.15) is 0 Å². The van der Waals surface area contributed by atoms with Crippen LogP contribution in [0.4, 0.5) is 11.5 Å². The first-order chi connectivity index (χ1) is 8.60. The van der Waals surface area contributed by atoms with E-state index in [1.54, 1.807) is 30.6 Å². The highest BCUT2D eigenvalue weighted by atomic mass is 35.5. The minimum absolute atomic E-state index is 0.551. The first kappa shape index (κ1) is 13.0. The second-order valence-electron chi connectivity index (χ2n) is 3.83. The van der Waals surface area contributed by atoms with Crippen LogP contribution in [0.15, 0.2) is 24.3 Å². The lowest BCUT2D eigenvalue weighted by Gasteiger charge is -2.19. The average molecular weight is 284 g/mol. The van der Waals surface area contributed by atoms with Gasteiger partial charge >= 0.3 is 0 Å². The largest absolute Gasteiger partial charge is 0.481 e. The molecule has 0 aliphatic rings. The Morgan fingerprint density at radius 1 is 1.39 bits per heavy atom. The normalized spacial score (nSPS) is 10.4. The number of rotatable bonds is 4. The molecule has 0 aliphatic carbocycles. The standard InChI is InChI=1S/C12H14ClN3OS/c1-16(7-8-3-5-10(13)18-8)12-9(14)4-6-11(15-12)17-2/h3-6H,7,14H2,1-2H3. The van der Waals surface area contributed by atoms with Crippen LogP contribution < -0.4 is 15.4 Å².